The number of phenols is 1. The molecule has 0 radical (unpaired) electrons. The zero-order valence-electron chi connectivity index (χ0n) is 16.1. The van der Waals surface area contributed by atoms with E-state index in [1.165, 1.54) is 19.1 Å². The molecule has 0 fully saturated rings. The van der Waals surface area contributed by atoms with Gasteiger partial charge in [-0.1, -0.05) is 12.1 Å². The van der Waals surface area contributed by atoms with Crippen LogP contribution in [0.25, 0.3) is 0 Å². The summed E-state index contributed by atoms with van der Waals surface area (Å²) in [6.07, 6.45) is -0.110. The molecule has 148 valence electrons. The Kier molecular flexibility index (Phi) is 7.14. The summed E-state index contributed by atoms with van der Waals surface area (Å²) in [5.41, 5.74) is 1.79. The number of nitrogens with one attached hydrogen (secondary N) is 2. The van der Waals surface area contributed by atoms with E-state index in [0.29, 0.717) is 11.3 Å². The maximum absolute atomic E-state index is 12.4. The highest BCUT2D eigenvalue weighted by Crippen LogP contribution is 2.13. The summed E-state index contributed by atoms with van der Waals surface area (Å²) in [4.78, 5) is 36.0. The van der Waals surface area contributed by atoms with Gasteiger partial charge in [-0.25, -0.2) is 9.59 Å². The number of rotatable bonds is 7. The Bertz CT molecular complexity index is 829. The summed E-state index contributed by atoms with van der Waals surface area (Å²) in [6.45, 7) is 4.92. The van der Waals surface area contributed by atoms with Crippen LogP contribution < -0.4 is 10.6 Å². The summed E-state index contributed by atoms with van der Waals surface area (Å²) in [5.74, 6) is -0.503. The van der Waals surface area contributed by atoms with Gasteiger partial charge in [0.25, 0.3) is 0 Å². The van der Waals surface area contributed by atoms with E-state index in [-0.39, 0.29) is 24.1 Å². The van der Waals surface area contributed by atoms with Crippen LogP contribution in [0.2, 0.25) is 0 Å². The van der Waals surface area contributed by atoms with Crippen molar-refractivity contribution in [2.75, 3.05) is 5.32 Å². The van der Waals surface area contributed by atoms with Gasteiger partial charge in [0.1, 0.15) is 11.8 Å². The zero-order valence-corrected chi connectivity index (χ0v) is 16.1. The molecule has 7 nitrogen and oxygen atoms in total. The lowest BCUT2D eigenvalue weighted by Gasteiger charge is -2.19. The molecule has 0 spiro atoms. The third kappa shape index (κ3) is 6.42. The van der Waals surface area contributed by atoms with E-state index < -0.39 is 18.0 Å². The van der Waals surface area contributed by atoms with E-state index in [4.69, 9.17) is 4.74 Å². The number of carbonyl (C=O) groups excluding carboxylic acids is 3. The highest BCUT2D eigenvalue weighted by Gasteiger charge is 2.24. The first kappa shape index (κ1) is 21.0. The Morgan fingerprint density at radius 3 is 2.14 bits per heavy atom. The van der Waals surface area contributed by atoms with Gasteiger partial charge < -0.3 is 20.5 Å². The number of benzene rings is 2. The fourth-order valence-corrected chi connectivity index (χ4v) is 2.49. The molecule has 0 saturated carbocycles. The standard InChI is InChI=1S/C21H24N2O5/c1-13(2)28-20(26)19(12-15-4-10-18(25)11-5-15)23-21(27)22-17-8-6-16(7-9-17)14(3)24/h4-11,13,19,25H,12H2,1-3H3,(H2,22,23,27)/t19-/m0/s1. The van der Waals surface area contributed by atoms with Gasteiger partial charge in [-0.15, -0.1) is 0 Å². The highest BCUT2D eigenvalue weighted by atomic mass is 16.5. The number of ether oxygens (including phenoxy) is 1. The van der Waals surface area contributed by atoms with Crippen molar-refractivity contribution in [3.05, 3.63) is 59.7 Å². The van der Waals surface area contributed by atoms with E-state index >= 15 is 0 Å². The second-order valence-electron chi connectivity index (χ2n) is 6.64. The fourth-order valence-electron chi connectivity index (χ4n) is 2.49. The van der Waals surface area contributed by atoms with E-state index in [2.05, 4.69) is 10.6 Å². The third-order valence-corrected chi connectivity index (χ3v) is 3.87. The molecule has 0 bridgehead atoms. The second-order valence-corrected chi connectivity index (χ2v) is 6.64. The van der Waals surface area contributed by atoms with E-state index in [1.54, 1.807) is 50.2 Å². The number of amides is 2. The molecule has 0 aliphatic rings. The van der Waals surface area contributed by atoms with E-state index in [0.717, 1.165) is 5.56 Å². The van der Waals surface area contributed by atoms with Gasteiger partial charge in [-0.3, -0.25) is 4.79 Å². The molecule has 2 aromatic rings. The van der Waals surface area contributed by atoms with Crippen LogP contribution in [0.3, 0.4) is 0 Å². The summed E-state index contributed by atoms with van der Waals surface area (Å²) in [7, 11) is 0. The number of carbonyl (C=O) groups is 3. The summed E-state index contributed by atoms with van der Waals surface area (Å²) >= 11 is 0. The van der Waals surface area contributed by atoms with Crippen molar-refractivity contribution in [1.82, 2.24) is 5.32 Å². The average molecular weight is 384 g/mol. The number of hydrogen-bond acceptors (Lipinski definition) is 5. The van der Waals surface area contributed by atoms with Crippen molar-refractivity contribution in [3.63, 3.8) is 0 Å². The van der Waals surface area contributed by atoms with E-state index in [9.17, 15) is 19.5 Å². The van der Waals surface area contributed by atoms with Crippen LogP contribution in [0.15, 0.2) is 48.5 Å². The SMILES string of the molecule is CC(=O)c1ccc(NC(=O)N[C@@H](Cc2ccc(O)cc2)C(=O)OC(C)C)cc1. The number of Topliss-reactive ketones (excluding diaryl/α,β-unsaturated/α-hetero) is 1. The first-order valence-corrected chi connectivity index (χ1v) is 8.91. The van der Waals surface area contributed by atoms with Crippen LogP contribution in [0.1, 0.15) is 36.7 Å². The molecule has 0 aliphatic carbocycles. The topological polar surface area (TPSA) is 105 Å². The Balaban J connectivity index is 2.07. The Labute approximate surface area is 163 Å². The maximum atomic E-state index is 12.4. The molecule has 28 heavy (non-hydrogen) atoms. The minimum atomic E-state index is -0.900. The van der Waals surface area contributed by atoms with Crippen LogP contribution >= 0.6 is 0 Å². The zero-order chi connectivity index (χ0) is 20.7. The quantitative estimate of drug-likeness (QED) is 0.502. The molecular weight excluding hydrogens is 360 g/mol. The van der Waals surface area contributed by atoms with Crippen molar-refractivity contribution >= 4 is 23.5 Å². The fraction of sp³-hybridized carbons (Fsp3) is 0.286. The van der Waals surface area contributed by atoms with Crippen LogP contribution in [0.5, 0.6) is 5.75 Å². The number of esters is 1. The Morgan fingerprint density at radius 2 is 1.61 bits per heavy atom. The first-order valence-electron chi connectivity index (χ1n) is 8.91. The molecule has 0 saturated heterocycles. The van der Waals surface area contributed by atoms with Gasteiger partial charge in [0.05, 0.1) is 6.10 Å². The minimum absolute atomic E-state index is 0.0682. The third-order valence-electron chi connectivity index (χ3n) is 3.87. The molecule has 0 aromatic heterocycles. The largest absolute Gasteiger partial charge is 0.508 e. The van der Waals surface area contributed by atoms with Crippen LogP contribution in [-0.4, -0.2) is 35.0 Å². The maximum Gasteiger partial charge on any atom is 0.329 e. The molecule has 2 rings (SSSR count). The molecule has 7 heteroatoms. The van der Waals surface area contributed by atoms with Crippen LogP contribution in [0.4, 0.5) is 10.5 Å². The van der Waals surface area contributed by atoms with Crippen molar-refractivity contribution in [2.24, 2.45) is 0 Å². The predicted molar refractivity (Wildman–Crippen MR) is 105 cm³/mol. The molecular formula is C21H24N2O5. The Morgan fingerprint density at radius 1 is 1.00 bits per heavy atom. The van der Waals surface area contributed by atoms with Crippen molar-refractivity contribution < 1.29 is 24.2 Å². The first-order chi connectivity index (χ1) is 13.2. The van der Waals surface area contributed by atoms with Crippen molar-refractivity contribution in [2.45, 2.75) is 39.3 Å². The molecule has 1 atom stereocenters. The van der Waals surface area contributed by atoms with Crippen molar-refractivity contribution in [3.8, 4) is 5.75 Å². The average Bonchev–Trinajstić information content (AvgIpc) is 2.62. The highest BCUT2D eigenvalue weighted by molar-refractivity contribution is 5.96. The smallest absolute Gasteiger partial charge is 0.329 e. The van der Waals surface area contributed by atoms with Gasteiger partial charge in [-0.05, 0) is 62.7 Å². The van der Waals surface area contributed by atoms with Gasteiger partial charge in [0, 0.05) is 17.7 Å². The van der Waals surface area contributed by atoms with Gasteiger partial charge >= 0.3 is 12.0 Å². The lowest BCUT2D eigenvalue weighted by Crippen LogP contribution is -2.45. The van der Waals surface area contributed by atoms with Gasteiger partial charge in [0.2, 0.25) is 0 Å². The number of aromatic hydroxyl groups is 1. The molecule has 0 heterocycles. The summed E-state index contributed by atoms with van der Waals surface area (Å²) in [6, 6.07) is 11.3. The van der Waals surface area contributed by atoms with Crippen LogP contribution in [0, 0.1) is 0 Å². The number of phenolic OH excluding ortho intramolecular Hbond substituents is 1. The van der Waals surface area contributed by atoms with Crippen molar-refractivity contribution in [1.29, 1.82) is 0 Å². The summed E-state index contributed by atoms with van der Waals surface area (Å²) < 4.78 is 5.23. The predicted octanol–water partition coefficient (Wildman–Crippen LogP) is 3.28. The Hall–Kier alpha value is -3.35. The van der Waals surface area contributed by atoms with Gasteiger partial charge in [0.15, 0.2) is 5.78 Å². The van der Waals surface area contributed by atoms with E-state index in [1.807, 2.05) is 0 Å². The molecule has 0 unspecified atom stereocenters. The normalized spacial score (nSPS) is 11.6. The molecule has 3 N–H and O–H groups in total. The molecule has 0 aliphatic heterocycles. The lowest BCUT2D eigenvalue weighted by atomic mass is 10.1. The number of urea groups is 1. The monoisotopic (exact) mass is 384 g/mol. The molecule has 2 amide bonds. The minimum Gasteiger partial charge on any atom is -0.508 e. The second kappa shape index (κ2) is 9.55. The van der Waals surface area contributed by atoms with Crippen LogP contribution in [-0.2, 0) is 16.0 Å². The number of ketones is 1. The molecule has 2 aromatic carbocycles. The number of hydrogen-bond donors (Lipinski definition) is 3. The number of anilines is 1. The summed E-state index contributed by atoms with van der Waals surface area (Å²) in [5, 5.41) is 14.6. The van der Waals surface area contributed by atoms with Gasteiger partial charge in [-0.2, -0.15) is 0 Å². The lowest BCUT2D eigenvalue weighted by molar-refractivity contribution is -0.149.